The van der Waals surface area contributed by atoms with E-state index in [1.165, 1.54) is 15.1 Å². The molecule has 0 unspecified atom stereocenters. The van der Waals surface area contributed by atoms with Gasteiger partial charge in [-0.15, -0.1) is 5.10 Å². The number of methoxy groups -OCH3 is 1. The van der Waals surface area contributed by atoms with Crippen molar-refractivity contribution in [2.45, 2.75) is 13.1 Å². The van der Waals surface area contributed by atoms with E-state index in [1.807, 2.05) is 30.3 Å². The van der Waals surface area contributed by atoms with Gasteiger partial charge in [-0.2, -0.15) is 10.1 Å². The maximum absolute atomic E-state index is 14.8. The van der Waals surface area contributed by atoms with Gasteiger partial charge in [0.05, 0.1) is 37.0 Å². The van der Waals surface area contributed by atoms with Crippen LogP contribution >= 0.6 is 0 Å². The zero-order valence-corrected chi connectivity index (χ0v) is 22.8. The van der Waals surface area contributed by atoms with Crippen molar-refractivity contribution in [3.8, 4) is 5.75 Å². The molecule has 2 N–H and O–H groups in total. The predicted octanol–water partition coefficient (Wildman–Crippen LogP) is 1.86. The highest BCUT2D eigenvalue weighted by Gasteiger charge is 2.21. The predicted molar refractivity (Wildman–Crippen MR) is 153 cm³/mol. The Morgan fingerprint density at radius 1 is 0.976 bits per heavy atom. The first-order valence-electron chi connectivity index (χ1n) is 13.5. The topological polar surface area (TPSA) is 121 Å². The number of benzene rings is 2. The number of anilines is 2. The van der Waals surface area contributed by atoms with Crippen LogP contribution in [0.15, 0.2) is 59.5 Å². The highest BCUT2D eigenvalue weighted by Crippen LogP contribution is 2.25. The number of halogens is 1. The van der Waals surface area contributed by atoms with Crippen molar-refractivity contribution in [2.24, 2.45) is 0 Å². The summed E-state index contributed by atoms with van der Waals surface area (Å²) in [6.45, 7) is 5.45. The first-order valence-corrected chi connectivity index (χ1v) is 13.5. The Morgan fingerprint density at radius 2 is 1.78 bits per heavy atom. The van der Waals surface area contributed by atoms with Crippen molar-refractivity contribution in [1.29, 1.82) is 0 Å². The molecule has 2 aromatic carbocycles. The van der Waals surface area contributed by atoms with E-state index in [1.54, 1.807) is 30.1 Å². The summed E-state index contributed by atoms with van der Waals surface area (Å²) >= 11 is 0. The minimum Gasteiger partial charge on any atom is -0.491 e. The van der Waals surface area contributed by atoms with E-state index in [0.717, 1.165) is 25.2 Å². The lowest BCUT2D eigenvalue weighted by Gasteiger charge is -2.36. The summed E-state index contributed by atoms with van der Waals surface area (Å²) in [7, 11) is 1.60. The third kappa shape index (κ3) is 5.45. The van der Waals surface area contributed by atoms with E-state index in [2.05, 4.69) is 25.0 Å². The van der Waals surface area contributed by atoms with Gasteiger partial charge in [0, 0.05) is 45.9 Å². The average Bonchev–Trinajstić information content (AvgIpc) is 3.54. The second-order valence-electron chi connectivity index (χ2n) is 9.94. The SMILES string of the molecule is COCCOc1ccc(N2CCN(CCn3ncc4c3nc(N)n3c(=O)n(Cc5ccccc5)nc43)CC2)c(F)c1. The third-order valence-electron chi connectivity index (χ3n) is 7.33. The van der Waals surface area contributed by atoms with Gasteiger partial charge in [0.25, 0.3) is 0 Å². The van der Waals surface area contributed by atoms with Gasteiger partial charge in [-0.3, -0.25) is 4.90 Å². The summed E-state index contributed by atoms with van der Waals surface area (Å²) in [6, 6.07) is 14.6. The van der Waals surface area contributed by atoms with Crippen LogP contribution in [-0.4, -0.2) is 86.9 Å². The number of rotatable bonds is 10. The molecule has 1 saturated heterocycles. The fourth-order valence-corrected chi connectivity index (χ4v) is 5.15. The standard InChI is InChI=1S/C28H32FN9O3/c1-40-15-16-41-21-7-8-24(23(29)17-21)35-12-9-34(10-13-35)11-14-36-25-22(18-31-36)26-33-37(19-20-5-3-2-4-6-20)28(39)38(26)27(30)32-25/h2-8,17-18H,9-16,19H2,1H3,(H2,30,32). The fourth-order valence-electron chi connectivity index (χ4n) is 5.15. The van der Waals surface area contributed by atoms with E-state index in [4.69, 9.17) is 15.2 Å². The Labute approximate surface area is 235 Å². The number of nitrogens with two attached hydrogens (primary N) is 1. The summed E-state index contributed by atoms with van der Waals surface area (Å²) in [5.41, 5.74) is 8.43. The van der Waals surface area contributed by atoms with Crippen LogP contribution < -0.4 is 21.1 Å². The Kier molecular flexibility index (Phi) is 7.53. The number of ether oxygens (including phenoxy) is 2. The molecular weight excluding hydrogens is 529 g/mol. The molecule has 3 aromatic heterocycles. The molecule has 12 nitrogen and oxygen atoms in total. The van der Waals surface area contributed by atoms with Gasteiger partial charge in [0.2, 0.25) is 5.95 Å². The molecule has 0 spiro atoms. The van der Waals surface area contributed by atoms with Crippen molar-refractivity contribution >= 4 is 28.3 Å². The minimum absolute atomic E-state index is 0.0734. The van der Waals surface area contributed by atoms with Crippen molar-refractivity contribution in [3.63, 3.8) is 0 Å². The molecule has 0 radical (unpaired) electrons. The lowest BCUT2D eigenvalue weighted by atomic mass is 10.2. The quantitative estimate of drug-likeness (QED) is 0.255. The van der Waals surface area contributed by atoms with E-state index < -0.39 is 0 Å². The van der Waals surface area contributed by atoms with E-state index in [0.29, 0.717) is 67.5 Å². The third-order valence-corrected chi connectivity index (χ3v) is 7.33. The minimum atomic E-state index is -0.342. The second-order valence-corrected chi connectivity index (χ2v) is 9.94. The summed E-state index contributed by atoms with van der Waals surface area (Å²) in [4.78, 5) is 21.9. The average molecular weight is 562 g/mol. The van der Waals surface area contributed by atoms with Gasteiger partial charge >= 0.3 is 5.69 Å². The fraction of sp³-hybridized carbons (Fsp3) is 0.357. The van der Waals surface area contributed by atoms with Gasteiger partial charge < -0.3 is 20.1 Å². The molecule has 4 heterocycles. The maximum Gasteiger partial charge on any atom is 0.353 e. The Hall–Kier alpha value is -4.49. The van der Waals surface area contributed by atoms with Gasteiger partial charge in [0.15, 0.2) is 11.3 Å². The monoisotopic (exact) mass is 561 g/mol. The van der Waals surface area contributed by atoms with Gasteiger partial charge in [-0.25, -0.2) is 22.9 Å². The molecule has 1 aliphatic heterocycles. The van der Waals surface area contributed by atoms with Crippen molar-refractivity contribution in [2.75, 3.05) is 63.7 Å². The van der Waals surface area contributed by atoms with Crippen LogP contribution in [0.2, 0.25) is 0 Å². The number of hydrogen-bond donors (Lipinski definition) is 1. The summed E-state index contributed by atoms with van der Waals surface area (Å²) in [6.07, 6.45) is 1.68. The molecule has 0 bridgehead atoms. The molecule has 6 rings (SSSR count). The second kappa shape index (κ2) is 11.6. The molecule has 5 aromatic rings. The van der Waals surface area contributed by atoms with Crippen LogP contribution in [-0.2, 0) is 17.8 Å². The van der Waals surface area contributed by atoms with Crippen LogP contribution in [0.3, 0.4) is 0 Å². The molecule has 1 fully saturated rings. The van der Waals surface area contributed by atoms with Crippen LogP contribution in [0, 0.1) is 5.82 Å². The lowest BCUT2D eigenvalue weighted by Crippen LogP contribution is -2.47. The molecule has 0 aliphatic carbocycles. The van der Waals surface area contributed by atoms with Gasteiger partial charge in [-0.1, -0.05) is 30.3 Å². The first-order chi connectivity index (χ1) is 20.0. The summed E-state index contributed by atoms with van der Waals surface area (Å²) in [5.74, 6) is 0.272. The van der Waals surface area contributed by atoms with E-state index >= 15 is 0 Å². The van der Waals surface area contributed by atoms with Crippen LogP contribution in [0.1, 0.15) is 5.56 Å². The molecule has 41 heavy (non-hydrogen) atoms. The number of nitrogens with zero attached hydrogens (tertiary/aromatic N) is 8. The van der Waals surface area contributed by atoms with Crippen LogP contribution in [0.4, 0.5) is 16.0 Å². The highest BCUT2D eigenvalue weighted by atomic mass is 19.1. The molecule has 1 aliphatic rings. The maximum atomic E-state index is 14.8. The lowest BCUT2D eigenvalue weighted by molar-refractivity contribution is 0.146. The summed E-state index contributed by atoms with van der Waals surface area (Å²) in [5, 5.41) is 9.76. The number of hydrogen-bond acceptors (Lipinski definition) is 9. The normalized spacial score (nSPS) is 14.3. The van der Waals surface area contributed by atoms with Gasteiger partial charge in [0.1, 0.15) is 18.2 Å². The molecule has 0 amide bonds. The van der Waals surface area contributed by atoms with E-state index in [9.17, 15) is 9.18 Å². The van der Waals surface area contributed by atoms with Crippen LogP contribution in [0.5, 0.6) is 5.75 Å². The number of fused-ring (bicyclic) bond motifs is 3. The molecule has 0 atom stereocenters. The van der Waals surface area contributed by atoms with Gasteiger partial charge in [-0.05, 0) is 17.7 Å². The molecule has 214 valence electrons. The highest BCUT2D eigenvalue weighted by molar-refractivity contribution is 5.89. The zero-order valence-electron chi connectivity index (χ0n) is 22.8. The number of piperazine rings is 1. The van der Waals surface area contributed by atoms with E-state index in [-0.39, 0.29) is 17.5 Å². The Bertz CT molecular complexity index is 1710. The summed E-state index contributed by atoms with van der Waals surface area (Å²) < 4.78 is 29.8. The van der Waals surface area contributed by atoms with Crippen molar-refractivity contribution < 1.29 is 13.9 Å². The molecular formula is C28H32FN9O3. The zero-order chi connectivity index (χ0) is 28.3. The van der Waals surface area contributed by atoms with Crippen molar-refractivity contribution in [1.82, 2.24) is 33.8 Å². The molecule has 0 saturated carbocycles. The van der Waals surface area contributed by atoms with Crippen molar-refractivity contribution in [3.05, 3.63) is 76.6 Å². The Balaban J connectivity index is 1.11. The molecule has 13 heteroatoms. The number of nitrogen functional groups attached to an aromatic ring is 1. The smallest absolute Gasteiger partial charge is 0.353 e. The largest absolute Gasteiger partial charge is 0.491 e. The van der Waals surface area contributed by atoms with Crippen LogP contribution in [0.25, 0.3) is 16.7 Å². The number of aromatic nitrogens is 6. The first kappa shape index (κ1) is 26.7. The Morgan fingerprint density at radius 3 is 2.54 bits per heavy atom.